The fourth-order valence-electron chi connectivity index (χ4n) is 2.50. The number of hydrogen-bond acceptors (Lipinski definition) is 5. The fraction of sp³-hybridized carbons (Fsp3) is 0.750. The van der Waals surface area contributed by atoms with Crippen LogP contribution in [0.25, 0.3) is 0 Å². The van der Waals surface area contributed by atoms with Gasteiger partial charge in [-0.05, 0) is 40.0 Å². The zero-order valence-electron chi connectivity index (χ0n) is 10.7. The second kappa shape index (κ2) is 5.44. The van der Waals surface area contributed by atoms with Crippen LogP contribution in [0.1, 0.15) is 18.5 Å². The Morgan fingerprint density at radius 2 is 2.24 bits per heavy atom. The molecule has 0 atom stereocenters. The maximum atomic E-state index is 6.04. The van der Waals surface area contributed by atoms with Crippen LogP contribution in [-0.2, 0) is 6.54 Å². The Hall–Kier alpha value is -0.490. The summed E-state index contributed by atoms with van der Waals surface area (Å²) in [5.41, 5.74) is 9.25. The molecule has 17 heavy (non-hydrogen) atoms. The van der Waals surface area contributed by atoms with E-state index in [9.17, 15) is 0 Å². The number of nitrogens with two attached hydrogens (primary N) is 1. The van der Waals surface area contributed by atoms with E-state index in [4.69, 9.17) is 5.73 Å². The lowest BCUT2D eigenvalue weighted by Crippen LogP contribution is -2.57. The molecule has 1 aliphatic heterocycles. The average molecular weight is 254 g/mol. The smallest absolute Gasteiger partial charge is 0.0795 e. The van der Waals surface area contributed by atoms with Crippen LogP contribution >= 0.6 is 11.3 Å². The Morgan fingerprint density at radius 3 is 2.76 bits per heavy atom. The van der Waals surface area contributed by atoms with E-state index in [1.165, 1.54) is 0 Å². The highest BCUT2D eigenvalue weighted by atomic mass is 32.1. The van der Waals surface area contributed by atoms with Gasteiger partial charge in [-0.3, -0.25) is 4.90 Å². The number of rotatable bonds is 4. The Morgan fingerprint density at radius 1 is 1.53 bits per heavy atom. The molecule has 0 aliphatic carbocycles. The van der Waals surface area contributed by atoms with Gasteiger partial charge in [0.1, 0.15) is 0 Å². The second-order valence-electron chi connectivity index (χ2n) is 5.07. The summed E-state index contributed by atoms with van der Waals surface area (Å²) in [6, 6.07) is 0. The van der Waals surface area contributed by atoms with Crippen molar-refractivity contribution >= 4 is 11.3 Å². The molecule has 0 saturated carbocycles. The molecule has 0 aromatic carbocycles. The minimum atomic E-state index is 0.163. The largest absolute Gasteiger partial charge is 0.329 e. The highest BCUT2D eigenvalue weighted by Gasteiger charge is 2.36. The van der Waals surface area contributed by atoms with Crippen molar-refractivity contribution in [3.63, 3.8) is 0 Å². The fourth-order valence-corrected chi connectivity index (χ4v) is 3.05. The molecule has 0 radical (unpaired) electrons. The van der Waals surface area contributed by atoms with E-state index in [2.05, 4.69) is 34.3 Å². The van der Waals surface area contributed by atoms with Crippen LogP contribution in [0.2, 0.25) is 0 Å². The first-order valence-electron chi connectivity index (χ1n) is 6.13. The third-order valence-corrected chi connectivity index (χ3v) is 4.63. The monoisotopic (exact) mass is 254 g/mol. The molecule has 0 unspecified atom stereocenters. The van der Waals surface area contributed by atoms with Gasteiger partial charge in [0.15, 0.2) is 0 Å². The third-order valence-electron chi connectivity index (χ3n) is 3.99. The predicted octanol–water partition coefficient (Wildman–Crippen LogP) is 0.998. The standard InChI is InChI=1S/C12H22N4S/c1-15-5-3-12(9-13,4-6-15)16(2)7-11-8-17-10-14-11/h8,10H,3-7,9,13H2,1-2H3. The van der Waals surface area contributed by atoms with E-state index >= 15 is 0 Å². The normalized spacial score (nSPS) is 20.9. The maximum Gasteiger partial charge on any atom is 0.0795 e. The van der Waals surface area contributed by atoms with Crippen molar-refractivity contribution in [1.82, 2.24) is 14.8 Å². The molecule has 0 amide bonds. The van der Waals surface area contributed by atoms with Crippen LogP contribution in [0.3, 0.4) is 0 Å². The van der Waals surface area contributed by atoms with Crippen LogP contribution in [0.15, 0.2) is 10.9 Å². The van der Waals surface area contributed by atoms with Crippen LogP contribution < -0.4 is 5.73 Å². The topological polar surface area (TPSA) is 45.4 Å². The quantitative estimate of drug-likeness (QED) is 0.870. The number of nitrogens with zero attached hydrogens (tertiary/aromatic N) is 3. The Kier molecular flexibility index (Phi) is 4.14. The summed E-state index contributed by atoms with van der Waals surface area (Å²) in [5.74, 6) is 0. The maximum absolute atomic E-state index is 6.04. The Labute approximate surface area is 107 Å². The molecule has 5 heteroatoms. The lowest BCUT2D eigenvalue weighted by atomic mass is 9.86. The van der Waals surface area contributed by atoms with E-state index < -0.39 is 0 Å². The van der Waals surface area contributed by atoms with Crippen molar-refractivity contribution in [3.05, 3.63) is 16.6 Å². The molecule has 4 nitrogen and oxygen atoms in total. The van der Waals surface area contributed by atoms with Crippen LogP contribution in [0, 0.1) is 0 Å². The summed E-state index contributed by atoms with van der Waals surface area (Å²) in [7, 11) is 4.36. The number of thiazole rings is 1. The first-order valence-corrected chi connectivity index (χ1v) is 7.07. The highest BCUT2D eigenvalue weighted by Crippen LogP contribution is 2.27. The summed E-state index contributed by atoms with van der Waals surface area (Å²) < 4.78 is 0. The Bertz CT molecular complexity index is 330. The SMILES string of the molecule is CN1CCC(CN)(N(C)Cc2cscn2)CC1. The van der Waals surface area contributed by atoms with Crippen molar-refractivity contribution in [2.45, 2.75) is 24.9 Å². The van der Waals surface area contributed by atoms with Gasteiger partial charge >= 0.3 is 0 Å². The number of aromatic nitrogens is 1. The summed E-state index contributed by atoms with van der Waals surface area (Å²) in [6.45, 7) is 3.92. The lowest BCUT2D eigenvalue weighted by molar-refractivity contribution is 0.0478. The predicted molar refractivity (Wildman–Crippen MR) is 72.1 cm³/mol. The molecule has 1 saturated heterocycles. The first kappa shape index (κ1) is 13.0. The summed E-state index contributed by atoms with van der Waals surface area (Å²) in [4.78, 5) is 9.13. The van der Waals surface area contributed by atoms with Gasteiger partial charge in [-0.15, -0.1) is 11.3 Å². The zero-order chi connectivity index (χ0) is 12.3. The van der Waals surface area contributed by atoms with Crippen molar-refractivity contribution < 1.29 is 0 Å². The average Bonchev–Trinajstić information content (AvgIpc) is 2.83. The lowest BCUT2D eigenvalue weighted by Gasteiger charge is -2.46. The van der Waals surface area contributed by atoms with E-state index in [0.29, 0.717) is 0 Å². The molecule has 1 fully saturated rings. The van der Waals surface area contributed by atoms with Crippen molar-refractivity contribution in [3.8, 4) is 0 Å². The van der Waals surface area contributed by atoms with E-state index in [1.807, 2.05) is 5.51 Å². The molecule has 0 bridgehead atoms. The van der Waals surface area contributed by atoms with E-state index in [0.717, 1.165) is 44.7 Å². The summed E-state index contributed by atoms with van der Waals surface area (Å²) in [5, 5.41) is 2.12. The van der Waals surface area contributed by atoms with Gasteiger partial charge in [0, 0.05) is 24.0 Å². The van der Waals surface area contributed by atoms with Crippen molar-refractivity contribution in [2.75, 3.05) is 33.7 Å². The van der Waals surface area contributed by atoms with E-state index in [-0.39, 0.29) is 5.54 Å². The van der Waals surface area contributed by atoms with Gasteiger partial charge in [0.2, 0.25) is 0 Å². The van der Waals surface area contributed by atoms with Gasteiger partial charge in [-0.2, -0.15) is 0 Å². The molecule has 2 heterocycles. The van der Waals surface area contributed by atoms with Gasteiger partial charge in [-0.25, -0.2) is 4.98 Å². The molecule has 96 valence electrons. The third kappa shape index (κ3) is 2.85. The van der Waals surface area contributed by atoms with Gasteiger partial charge in [-0.1, -0.05) is 0 Å². The van der Waals surface area contributed by atoms with Gasteiger partial charge < -0.3 is 10.6 Å². The number of likely N-dealkylation sites (tertiary alicyclic amines) is 1. The number of likely N-dealkylation sites (N-methyl/N-ethyl adjacent to an activating group) is 1. The number of piperidine rings is 1. The molecule has 1 aliphatic rings. The number of hydrogen-bond donors (Lipinski definition) is 1. The van der Waals surface area contributed by atoms with Gasteiger partial charge in [0.05, 0.1) is 11.2 Å². The van der Waals surface area contributed by atoms with Crippen molar-refractivity contribution in [1.29, 1.82) is 0 Å². The van der Waals surface area contributed by atoms with Crippen molar-refractivity contribution in [2.24, 2.45) is 5.73 Å². The Balaban J connectivity index is 2.02. The van der Waals surface area contributed by atoms with Crippen LogP contribution in [-0.4, -0.2) is 54.1 Å². The minimum Gasteiger partial charge on any atom is -0.329 e. The first-order chi connectivity index (χ1) is 8.16. The zero-order valence-corrected chi connectivity index (χ0v) is 11.5. The molecule has 1 aromatic rings. The molecule has 0 spiro atoms. The van der Waals surface area contributed by atoms with E-state index in [1.54, 1.807) is 11.3 Å². The molecule has 1 aromatic heterocycles. The molecular weight excluding hydrogens is 232 g/mol. The highest BCUT2D eigenvalue weighted by molar-refractivity contribution is 7.07. The minimum absolute atomic E-state index is 0.163. The van der Waals surface area contributed by atoms with Crippen LogP contribution in [0.5, 0.6) is 0 Å². The molecular formula is C12H22N4S. The van der Waals surface area contributed by atoms with Gasteiger partial charge in [0.25, 0.3) is 0 Å². The summed E-state index contributed by atoms with van der Waals surface area (Å²) >= 11 is 1.66. The van der Waals surface area contributed by atoms with Crippen LogP contribution in [0.4, 0.5) is 0 Å². The molecule has 2 rings (SSSR count). The summed E-state index contributed by atoms with van der Waals surface area (Å²) in [6.07, 6.45) is 2.31. The second-order valence-corrected chi connectivity index (χ2v) is 5.79. The molecule has 2 N–H and O–H groups in total.